The van der Waals surface area contributed by atoms with Crippen molar-refractivity contribution in [2.75, 3.05) is 14.2 Å². The lowest BCUT2D eigenvalue weighted by atomic mass is 9.95. The molecule has 1 atom stereocenters. The summed E-state index contributed by atoms with van der Waals surface area (Å²) < 4.78 is 10.2. The molecule has 0 radical (unpaired) electrons. The van der Waals surface area contributed by atoms with E-state index in [-0.39, 0.29) is 11.5 Å². The number of methoxy groups -OCH3 is 2. The third-order valence-electron chi connectivity index (χ3n) is 3.86. The second-order valence-electron chi connectivity index (χ2n) is 5.30. The minimum absolute atomic E-state index is 0.0248. The molecule has 21 heavy (non-hydrogen) atoms. The predicted molar refractivity (Wildman–Crippen MR) is 75.8 cm³/mol. The van der Waals surface area contributed by atoms with Crippen molar-refractivity contribution in [1.29, 1.82) is 0 Å². The minimum atomic E-state index is -1.25. The van der Waals surface area contributed by atoms with Crippen LogP contribution in [0.15, 0.2) is 18.2 Å². The third-order valence-corrected chi connectivity index (χ3v) is 3.86. The number of ether oxygens (including phenoxy) is 2. The molecule has 0 aliphatic heterocycles. The van der Waals surface area contributed by atoms with Crippen molar-refractivity contribution in [3.63, 3.8) is 0 Å². The van der Waals surface area contributed by atoms with E-state index in [0.29, 0.717) is 11.5 Å². The molecule has 2 rings (SSSR count). The Bertz CT molecular complexity index is 567. The van der Waals surface area contributed by atoms with Crippen molar-refractivity contribution in [1.82, 2.24) is 5.32 Å². The molecule has 0 spiro atoms. The number of carboxylic acids is 1. The maximum absolute atomic E-state index is 12.4. The standard InChI is InChI=1S/C15H19NO5/c1-15(14(18)19,9-4-5-9)16-13(17)11-7-6-10(20-2)8-12(11)21-3/h6-9H,4-5H2,1-3H3,(H,16,17)(H,18,19)/t15-/m0/s1. The Morgan fingerprint density at radius 1 is 1.29 bits per heavy atom. The van der Waals surface area contributed by atoms with Crippen molar-refractivity contribution in [2.24, 2.45) is 5.92 Å². The maximum Gasteiger partial charge on any atom is 0.329 e. The molecule has 6 nitrogen and oxygen atoms in total. The highest BCUT2D eigenvalue weighted by molar-refractivity contribution is 6.00. The Hall–Kier alpha value is -2.24. The highest BCUT2D eigenvalue weighted by Crippen LogP contribution is 2.40. The molecule has 1 aromatic carbocycles. The normalized spacial score (nSPS) is 16.7. The van der Waals surface area contributed by atoms with Gasteiger partial charge in [-0.3, -0.25) is 4.79 Å². The van der Waals surface area contributed by atoms with Crippen molar-refractivity contribution in [3.8, 4) is 11.5 Å². The Labute approximate surface area is 123 Å². The first-order valence-electron chi connectivity index (χ1n) is 6.70. The fourth-order valence-corrected chi connectivity index (χ4v) is 2.28. The zero-order chi connectivity index (χ0) is 15.6. The highest BCUT2D eigenvalue weighted by atomic mass is 16.5. The quantitative estimate of drug-likeness (QED) is 0.833. The molecule has 1 fully saturated rings. The fraction of sp³-hybridized carbons (Fsp3) is 0.467. The highest BCUT2D eigenvalue weighted by Gasteiger charge is 2.48. The lowest BCUT2D eigenvalue weighted by Crippen LogP contribution is -2.54. The summed E-state index contributed by atoms with van der Waals surface area (Å²) in [4.78, 5) is 23.8. The summed E-state index contributed by atoms with van der Waals surface area (Å²) in [7, 11) is 2.96. The van der Waals surface area contributed by atoms with Gasteiger partial charge >= 0.3 is 5.97 Å². The van der Waals surface area contributed by atoms with Crippen molar-refractivity contribution >= 4 is 11.9 Å². The molecule has 6 heteroatoms. The van der Waals surface area contributed by atoms with Crippen molar-refractivity contribution in [2.45, 2.75) is 25.3 Å². The molecule has 0 bridgehead atoms. The minimum Gasteiger partial charge on any atom is -0.497 e. The lowest BCUT2D eigenvalue weighted by molar-refractivity contribution is -0.144. The van der Waals surface area contributed by atoms with E-state index in [1.54, 1.807) is 25.1 Å². The third kappa shape index (κ3) is 2.94. The second-order valence-corrected chi connectivity index (χ2v) is 5.30. The number of carbonyl (C=O) groups excluding carboxylic acids is 1. The number of benzene rings is 1. The number of rotatable bonds is 6. The molecule has 0 heterocycles. The summed E-state index contributed by atoms with van der Waals surface area (Å²) in [6.45, 7) is 1.54. The SMILES string of the molecule is COc1ccc(C(=O)N[C@](C)(C(=O)O)C2CC2)c(OC)c1. The molecule has 1 aromatic rings. The van der Waals surface area contributed by atoms with Crippen LogP contribution < -0.4 is 14.8 Å². The first-order valence-corrected chi connectivity index (χ1v) is 6.70. The van der Waals surface area contributed by atoms with Crippen molar-refractivity contribution in [3.05, 3.63) is 23.8 Å². The van der Waals surface area contributed by atoms with Crippen LogP contribution in [-0.4, -0.2) is 36.7 Å². The maximum atomic E-state index is 12.4. The van der Waals surface area contributed by atoms with Gasteiger partial charge in [-0.15, -0.1) is 0 Å². The lowest BCUT2D eigenvalue weighted by Gasteiger charge is -2.26. The van der Waals surface area contributed by atoms with Gasteiger partial charge in [-0.2, -0.15) is 0 Å². The number of nitrogens with one attached hydrogen (secondary N) is 1. The smallest absolute Gasteiger partial charge is 0.329 e. The molecular weight excluding hydrogens is 274 g/mol. The van der Waals surface area contributed by atoms with Crippen LogP contribution in [0.5, 0.6) is 11.5 Å². The van der Waals surface area contributed by atoms with Crippen LogP contribution in [0.25, 0.3) is 0 Å². The van der Waals surface area contributed by atoms with Gasteiger partial charge in [0.25, 0.3) is 5.91 Å². The summed E-state index contributed by atoms with van der Waals surface area (Å²) in [6.07, 6.45) is 1.62. The molecule has 1 aliphatic rings. The summed E-state index contributed by atoms with van der Waals surface area (Å²) in [6, 6.07) is 4.78. The van der Waals surface area contributed by atoms with Gasteiger partial charge in [-0.25, -0.2) is 4.79 Å². The van der Waals surface area contributed by atoms with Crippen LogP contribution in [0.4, 0.5) is 0 Å². The molecule has 1 aliphatic carbocycles. The van der Waals surface area contributed by atoms with Gasteiger partial charge < -0.3 is 19.9 Å². The largest absolute Gasteiger partial charge is 0.497 e. The van der Waals surface area contributed by atoms with Crippen molar-refractivity contribution < 1.29 is 24.2 Å². The van der Waals surface area contributed by atoms with Crippen LogP contribution in [0.1, 0.15) is 30.1 Å². The van der Waals surface area contributed by atoms with E-state index < -0.39 is 17.4 Å². The molecule has 114 valence electrons. The number of carboxylic acid groups (broad SMARTS) is 1. The average Bonchev–Trinajstić information content (AvgIpc) is 3.30. The molecule has 1 saturated carbocycles. The molecule has 1 amide bonds. The van der Waals surface area contributed by atoms with Gasteiger partial charge in [0, 0.05) is 6.07 Å². The fourth-order valence-electron chi connectivity index (χ4n) is 2.28. The van der Waals surface area contributed by atoms with E-state index in [0.717, 1.165) is 12.8 Å². The predicted octanol–water partition coefficient (Wildman–Crippen LogP) is 1.69. The van der Waals surface area contributed by atoms with Crippen LogP contribution in [-0.2, 0) is 4.79 Å². The van der Waals surface area contributed by atoms with E-state index in [4.69, 9.17) is 9.47 Å². The molecule has 0 unspecified atom stereocenters. The zero-order valence-electron chi connectivity index (χ0n) is 12.3. The number of amides is 1. The Morgan fingerprint density at radius 2 is 1.95 bits per heavy atom. The van der Waals surface area contributed by atoms with Crippen LogP contribution in [0.2, 0.25) is 0 Å². The van der Waals surface area contributed by atoms with Gasteiger partial charge in [0.05, 0.1) is 19.8 Å². The number of carbonyl (C=O) groups is 2. The second kappa shape index (κ2) is 5.63. The Morgan fingerprint density at radius 3 is 2.43 bits per heavy atom. The topological polar surface area (TPSA) is 84.9 Å². The van der Waals surface area contributed by atoms with Gasteiger partial charge in [0.15, 0.2) is 0 Å². The van der Waals surface area contributed by atoms with E-state index in [2.05, 4.69) is 5.32 Å². The first-order chi connectivity index (χ1) is 9.92. The molecular formula is C15H19NO5. The van der Waals surface area contributed by atoms with Crippen LogP contribution >= 0.6 is 0 Å². The van der Waals surface area contributed by atoms with Gasteiger partial charge in [0.1, 0.15) is 17.0 Å². The summed E-state index contributed by atoms with van der Waals surface area (Å²) >= 11 is 0. The zero-order valence-corrected chi connectivity index (χ0v) is 12.3. The van der Waals surface area contributed by atoms with E-state index >= 15 is 0 Å². The van der Waals surface area contributed by atoms with Crippen LogP contribution in [0, 0.1) is 5.92 Å². The van der Waals surface area contributed by atoms with E-state index in [1.165, 1.54) is 14.2 Å². The van der Waals surface area contributed by atoms with Crippen LogP contribution in [0.3, 0.4) is 0 Å². The molecule has 0 saturated heterocycles. The molecule has 0 aromatic heterocycles. The monoisotopic (exact) mass is 293 g/mol. The molecule has 2 N–H and O–H groups in total. The number of aliphatic carboxylic acids is 1. The van der Waals surface area contributed by atoms with E-state index in [9.17, 15) is 14.7 Å². The first kappa shape index (κ1) is 15.2. The summed E-state index contributed by atoms with van der Waals surface area (Å²) in [5.41, 5.74) is -0.964. The Balaban J connectivity index is 2.25. The average molecular weight is 293 g/mol. The summed E-state index contributed by atoms with van der Waals surface area (Å²) in [5, 5.41) is 12.0. The van der Waals surface area contributed by atoms with Gasteiger partial charge in [0.2, 0.25) is 0 Å². The summed E-state index contributed by atoms with van der Waals surface area (Å²) in [5.74, 6) is -0.609. The number of hydrogen-bond donors (Lipinski definition) is 2. The Kier molecular flexibility index (Phi) is 4.06. The number of hydrogen-bond acceptors (Lipinski definition) is 4. The van der Waals surface area contributed by atoms with Gasteiger partial charge in [-0.05, 0) is 37.8 Å². The van der Waals surface area contributed by atoms with E-state index in [1.807, 2.05) is 0 Å². The van der Waals surface area contributed by atoms with Gasteiger partial charge in [-0.1, -0.05) is 0 Å².